The molecular formula is C22H24N2O3. The van der Waals surface area contributed by atoms with E-state index in [1.807, 2.05) is 11.0 Å². The minimum Gasteiger partial charge on any atom is -0.348 e. The molecule has 1 N–H and O–H groups in total. The van der Waals surface area contributed by atoms with Crippen LogP contribution in [0.3, 0.4) is 0 Å². The normalized spacial score (nSPS) is 21.8. The molecule has 27 heavy (non-hydrogen) atoms. The largest absolute Gasteiger partial charge is 0.348 e. The maximum atomic E-state index is 13.0. The van der Waals surface area contributed by atoms with Crippen molar-refractivity contribution in [3.8, 4) is 11.1 Å². The van der Waals surface area contributed by atoms with E-state index >= 15 is 0 Å². The van der Waals surface area contributed by atoms with Gasteiger partial charge in [-0.25, -0.2) is 4.79 Å². The molecule has 0 bridgehead atoms. The Morgan fingerprint density at radius 1 is 1.00 bits per heavy atom. The SMILES string of the molecule is O=C(Nc1ccc2c(c1)Cc1ccccc1-2)N1CCCCC1C1OCCO1. The molecule has 2 saturated heterocycles. The first-order valence-electron chi connectivity index (χ1n) is 9.81. The fraction of sp³-hybridized carbons (Fsp3) is 0.409. The number of hydrogen-bond donors (Lipinski definition) is 1. The quantitative estimate of drug-likeness (QED) is 0.747. The van der Waals surface area contributed by atoms with Gasteiger partial charge in [0.15, 0.2) is 6.29 Å². The van der Waals surface area contributed by atoms with Crippen LogP contribution in [0, 0.1) is 0 Å². The lowest BCUT2D eigenvalue weighted by atomic mass is 10.0. The number of hydrogen-bond acceptors (Lipinski definition) is 3. The summed E-state index contributed by atoms with van der Waals surface area (Å²) < 4.78 is 11.4. The molecule has 2 aliphatic heterocycles. The van der Waals surface area contributed by atoms with Crippen molar-refractivity contribution in [1.29, 1.82) is 0 Å². The second kappa shape index (κ2) is 6.98. The Labute approximate surface area is 159 Å². The van der Waals surface area contributed by atoms with Crippen LogP contribution in [0.15, 0.2) is 42.5 Å². The van der Waals surface area contributed by atoms with Crippen LogP contribution >= 0.6 is 0 Å². The zero-order valence-corrected chi connectivity index (χ0v) is 15.3. The second-order valence-corrected chi connectivity index (χ2v) is 7.50. The topological polar surface area (TPSA) is 50.8 Å². The zero-order chi connectivity index (χ0) is 18.2. The summed E-state index contributed by atoms with van der Waals surface area (Å²) in [7, 11) is 0. The number of fused-ring (bicyclic) bond motifs is 3. The molecule has 0 radical (unpaired) electrons. The molecule has 1 unspecified atom stereocenters. The van der Waals surface area contributed by atoms with Gasteiger partial charge in [-0.15, -0.1) is 0 Å². The molecule has 5 nitrogen and oxygen atoms in total. The van der Waals surface area contributed by atoms with Crippen molar-refractivity contribution in [1.82, 2.24) is 4.90 Å². The molecule has 140 valence electrons. The Hall–Kier alpha value is -2.37. The van der Waals surface area contributed by atoms with E-state index in [0.29, 0.717) is 13.2 Å². The van der Waals surface area contributed by atoms with Crippen LogP contribution in [0.2, 0.25) is 0 Å². The van der Waals surface area contributed by atoms with E-state index in [-0.39, 0.29) is 18.4 Å². The lowest BCUT2D eigenvalue weighted by Gasteiger charge is -2.37. The molecule has 2 aromatic rings. The Balaban J connectivity index is 1.33. The van der Waals surface area contributed by atoms with Crippen LogP contribution in [0.4, 0.5) is 10.5 Å². The van der Waals surface area contributed by atoms with Crippen molar-refractivity contribution in [2.45, 2.75) is 38.0 Å². The predicted molar refractivity (Wildman–Crippen MR) is 104 cm³/mol. The van der Waals surface area contributed by atoms with E-state index in [1.54, 1.807) is 0 Å². The molecule has 0 spiro atoms. The van der Waals surface area contributed by atoms with Crippen molar-refractivity contribution < 1.29 is 14.3 Å². The fourth-order valence-corrected chi connectivity index (χ4v) is 4.51. The summed E-state index contributed by atoms with van der Waals surface area (Å²) in [5.74, 6) is 0. The first-order chi connectivity index (χ1) is 13.3. The average Bonchev–Trinajstić information content (AvgIpc) is 3.35. The monoisotopic (exact) mass is 364 g/mol. The molecule has 5 rings (SSSR count). The van der Waals surface area contributed by atoms with Gasteiger partial charge in [0.25, 0.3) is 0 Å². The maximum absolute atomic E-state index is 13.0. The lowest BCUT2D eigenvalue weighted by molar-refractivity contribution is -0.0973. The van der Waals surface area contributed by atoms with Crippen LogP contribution in [0.25, 0.3) is 11.1 Å². The summed E-state index contributed by atoms with van der Waals surface area (Å²) in [6.45, 7) is 1.97. The molecule has 1 aliphatic carbocycles. The van der Waals surface area contributed by atoms with Crippen molar-refractivity contribution >= 4 is 11.7 Å². The summed E-state index contributed by atoms with van der Waals surface area (Å²) in [6, 6.07) is 14.7. The third-order valence-corrected chi connectivity index (χ3v) is 5.82. The average molecular weight is 364 g/mol. The van der Waals surface area contributed by atoms with Gasteiger partial charge in [-0.1, -0.05) is 30.3 Å². The molecule has 0 saturated carbocycles. The second-order valence-electron chi connectivity index (χ2n) is 7.50. The smallest absolute Gasteiger partial charge is 0.322 e. The van der Waals surface area contributed by atoms with Gasteiger partial charge >= 0.3 is 6.03 Å². The lowest BCUT2D eigenvalue weighted by Crippen LogP contribution is -2.51. The summed E-state index contributed by atoms with van der Waals surface area (Å²) >= 11 is 0. The van der Waals surface area contributed by atoms with Gasteiger partial charge in [-0.3, -0.25) is 0 Å². The Bertz CT molecular complexity index is 860. The predicted octanol–water partition coefficient (Wildman–Crippen LogP) is 4.02. The number of rotatable bonds is 2. The van der Waals surface area contributed by atoms with Crippen molar-refractivity contribution in [2.75, 3.05) is 25.1 Å². The minimum atomic E-state index is -0.287. The van der Waals surface area contributed by atoms with Gasteiger partial charge in [-0.2, -0.15) is 0 Å². The molecule has 0 aromatic heterocycles. The first-order valence-corrected chi connectivity index (χ1v) is 9.81. The van der Waals surface area contributed by atoms with Gasteiger partial charge < -0.3 is 19.7 Å². The van der Waals surface area contributed by atoms with Gasteiger partial charge in [-0.05, 0) is 60.1 Å². The van der Waals surface area contributed by atoms with Gasteiger partial charge in [0, 0.05) is 12.2 Å². The number of nitrogens with zero attached hydrogens (tertiary/aromatic N) is 1. The highest BCUT2D eigenvalue weighted by atomic mass is 16.7. The summed E-state index contributed by atoms with van der Waals surface area (Å²) in [5.41, 5.74) is 6.04. The molecule has 1 atom stereocenters. The Morgan fingerprint density at radius 3 is 2.70 bits per heavy atom. The summed E-state index contributed by atoms with van der Waals surface area (Å²) in [4.78, 5) is 14.8. The van der Waals surface area contributed by atoms with Crippen LogP contribution in [-0.2, 0) is 15.9 Å². The highest BCUT2D eigenvalue weighted by molar-refractivity contribution is 5.91. The van der Waals surface area contributed by atoms with Crippen molar-refractivity contribution in [3.63, 3.8) is 0 Å². The van der Waals surface area contributed by atoms with Crippen molar-refractivity contribution in [2.24, 2.45) is 0 Å². The number of benzene rings is 2. The third kappa shape index (κ3) is 3.11. The molecular weight excluding hydrogens is 340 g/mol. The highest BCUT2D eigenvalue weighted by Crippen LogP contribution is 2.37. The number of piperidine rings is 1. The Morgan fingerprint density at radius 2 is 1.81 bits per heavy atom. The number of amides is 2. The van der Waals surface area contributed by atoms with E-state index in [0.717, 1.165) is 37.9 Å². The zero-order valence-electron chi connectivity index (χ0n) is 15.3. The number of urea groups is 1. The summed E-state index contributed by atoms with van der Waals surface area (Å²) in [5, 5.41) is 3.10. The molecule has 2 amide bonds. The Kier molecular flexibility index (Phi) is 4.34. The van der Waals surface area contributed by atoms with Crippen LogP contribution in [-0.4, -0.2) is 43.0 Å². The van der Waals surface area contributed by atoms with Gasteiger partial charge in [0.05, 0.1) is 19.3 Å². The van der Waals surface area contributed by atoms with E-state index < -0.39 is 0 Å². The van der Waals surface area contributed by atoms with E-state index in [1.165, 1.54) is 22.3 Å². The number of anilines is 1. The molecule has 2 aromatic carbocycles. The number of ether oxygens (including phenoxy) is 2. The summed E-state index contributed by atoms with van der Waals surface area (Å²) in [6.07, 6.45) is 3.69. The van der Waals surface area contributed by atoms with E-state index in [9.17, 15) is 4.79 Å². The first kappa shape index (κ1) is 16.8. The molecule has 2 heterocycles. The molecule has 3 aliphatic rings. The van der Waals surface area contributed by atoms with Gasteiger partial charge in [0.2, 0.25) is 0 Å². The van der Waals surface area contributed by atoms with E-state index in [4.69, 9.17) is 9.47 Å². The fourth-order valence-electron chi connectivity index (χ4n) is 4.51. The van der Waals surface area contributed by atoms with Crippen LogP contribution in [0.1, 0.15) is 30.4 Å². The highest BCUT2D eigenvalue weighted by Gasteiger charge is 2.36. The van der Waals surface area contributed by atoms with E-state index in [2.05, 4.69) is 41.7 Å². The van der Waals surface area contributed by atoms with Gasteiger partial charge in [0.1, 0.15) is 0 Å². The minimum absolute atomic E-state index is 0.0000630. The molecule has 2 fully saturated rings. The van der Waals surface area contributed by atoms with Crippen LogP contribution < -0.4 is 5.32 Å². The number of likely N-dealkylation sites (tertiary alicyclic amines) is 1. The third-order valence-electron chi connectivity index (χ3n) is 5.82. The number of carbonyl (C=O) groups is 1. The number of carbonyl (C=O) groups excluding carboxylic acids is 1. The van der Waals surface area contributed by atoms with Crippen molar-refractivity contribution in [3.05, 3.63) is 53.6 Å². The van der Waals surface area contributed by atoms with Crippen LogP contribution in [0.5, 0.6) is 0 Å². The molecule has 5 heteroatoms. The standard InChI is InChI=1S/C22H24N2O3/c25-22(24-10-4-3-7-20(24)21-26-11-12-27-21)23-17-8-9-19-16(14-17)13-15-5-1-2-6-18(15)19/h1-2,5-6,8-9,14,20-21H,3-4,7,10-13H2,(H,23,25). The number of nitrogens with one attached hydrogen (secondary N) is 1. The maximum Gasteiger partial charge on any atom is 0.322 e.